The van der Waals surface area contributed by atoms with Crippen LogP contribution < -0.4 is 10.5 Å². The SMILES string of the molecule is COc1ccc(C2(N)CCCCC2(C)C)cc1F. The van der Waals surface area contributed by atoms with Crippen LogP contribution >= 0.6 is 0 Å². The highest BCUT2D eigenvalue weighted by atomic mass is 19.1. The maximum absolute atomic E-state index is 13.8. The molecule has 100 valence electrons. The molecule has 1 aromatic carbocycles. The first-order valence-electron chi connectivity index (χ1n) is 6.54. The molecule has 0 bridgehead atoms. The van der Waals surface area contributed by atoms with E-state index in [2.05, 4.69) is 13.8 Å². The average molecular weight is 251 g/mol. The van der Waals surface area contributed by atoms with Gasteiger partial charge >= 0.3 is 0 Å². The number of benzene rings is 1. The molecular weight excluding hydrogens is 229 g/mol. The van der Waals surface area contributed by atoms with Gasteiger partial charge in [-0.05, 0) is 36.0 Å². The van der Waals surface area contributed by atoms with E-state index in [1.807, 2.05) is 6.07 Å². The number of halogens is 1. The summed E-state index contributed by atoms with van der Waals surface area (Å²) in [7, 11) is 1.47. The molecule has 18 heavy (non-hydrogen) atoms. The molecule has 3 heteroatoms. The Kier molecular flexibility index (Phi) is 3.37. The van der Waals surface area contributed by atoms with E-state index >= 15 is 0 Å². The lowest BCUT2D eigenvalue weighted by molar-refractivity contribution is 0.0975. The van der Waals surface area contributed by atoms with E-state index in [4.69, 9.17) is 10.5 Å². The quantitative estimate of drug-likeness (QED) is 0.871. The maximum atomic E-state index is 13.8. The molecular formula is C15H22FNO. The minimum atomic E-state index is -0.446. The second-order valence-corrected chi connectivity index (χ2v) is 5.91. The Balaban J connectivity index is 2.43. The van der Waals surface area contributed by atoms with E-state index in [1.165, 1.54) is 19.6 Å². The zero-order valence-corrected chi connectivity index (χ0v) is 11.4. The van der Waals surface area contributed by atoms with Gasteiger partial charge in [-0.2, -0.15) is 0 Å². The Hall–Kier alpha value is -1.09. The number of ether oxygens (including phenoxy) is 1. The Bertz CT molecular complexity index is 444. The maximum Gasteiger partial charge on any atom is 0.165 e. The molecule has 0 aliphatic heterocycles. The van der Waals surface area contributed by atoms with Crippen molar-refractivity contribution in [1.29, 1.82) is 0 Å². The Morgan fingerprint density at radius 3 is 2.44 bits per heavy atom. The number of nitrogens with two attached hydrogens (primary N) is 1. The van der Waals surface area contributed by atoms with E-state index in [0.717, 1.165) is 24.8 Å². The lowest BCUT2D eigenvalue weighted by Gasteiger charge is -2.48. The van der Waals surface area contributed by atoms with Gasteiger partial charge in [-0.25, -0.2) is 4.39 Å². The number of hydrogen-bond acceptors (Lipinski definition) is 2. The largest absolute Gasteiger partial charge is 0.494 e. The number of rotatable bonds is 2. The van der Waals surface area contributed by atoms with Crippen molar-refractivity contribution >= 4 is 0 Å². The minimum Gasteiger partial charge on any atom is -0.494 e. The highest BCUT2D eigenvalue weighted by molar-refractivity contribution is 5.35. The third-order valence-electron chi connectivity index (χ3n) is 4.50. The minimum absolute atomic E-state index is 0.00766. The second kappa shape index (κ2) is 4.54. The Morgan fingerprint density at radius 1 is 1.22 bits per heavy atom. The second-order valence-electron chi connectivity index (χ2n) is 5.91. The fourth-order valence-electron chi connectivity index (χ4n) is 3.01. The van der Waals surface area contributed by atoms with Crippen LogP contribution in [0.2, 0.25) is 0 Å². The molecule has 1 unspecified atom stereocenters. The van der Waals surface area contributed by atoms with Crippen LogP contribution in [-0.4, -0.2) is 7.11 Å². The normalized spacial score (nSPS) is 26.9. The van der Waals surface area contributed by atoms with E-state index < -0.39 is 5.54 Å². The van der Waals surface area contributed by atoms with Crippen molar-refractivity contribution in [3.63, 3.8) is 0 Å². The Labute approximate surface area is 108 Å². The molecule has 1 saturated carbocycles. The first-order valence-corrected chi connectivity index (χ1v) is 6.54. The zero-order chi connectivity index (χ0) is 13.4. The molecule has 0 saturated heterocycles. The van der Waals surface area contributed by atoms with Gasteiger partial charge in [0.15, 0.2) is 11.6 Å². The lowest BCUT2D eigenvalue weighted by Crippen LogP contribution is -2.51. The van der Waals surface area contributed by atoms with Crippen LogP contribution in [0.5, 0.6) is 5.75 Å². The van der Waals surface area contributed by atoms with Crippen LogP contribution in [-0.2, 0) is 5.54 Å². The van der Waals surface area contributed by atoms with Gasteiger partial charge in [0.25, 0.3) is 0 Å². The summed E-state index contributed by atoms with van der Waals surface area (Å²) in [4.78, 5) is 0. The van der Waals surface area contributed by atoms with E-state index in [0.29, 0.717) is 0 Å². The topological polar surface area (TPSA) is 35.2 Å². The first kappa shape index (κ1) is 13.3. The highest BCUT2D eigenvalue weighted by Gasteiger charge is 2.44. The number of hydrogen-bond donors (Lipinski definition) is 1. The van der Waals surface area contributed by atoms with Gasteiger partial charge in [-0.1, -0.05) is 32.8 Å². The van der Waals surface area contributed by atoms with Gasteiger partial charge in [-0.3, -0.25) is 0 Å². The third kappa shape index (κ3) is 2.01. The van der Waals surface area contributed by atoms with Gasteiger partial charge in [0.1, 0.15) is 0 Å². The highest BCUT2D eigenvalue weighted by Crippen LogP contribution is 2.48. The number of methoxy groups -OCH3 is 1. The molecule has 1 fully saturated rings. The molecule has 1 aliphatic carbocycles. The summed E-state index contributed by atoms with van der Waals surface area (Å²) in [5, 5.41) is 0. The van der Waals surface area contributed by atoms with Crippen LogP contribution in [0.3, 0.4) is 0 Å². The predicted octanol–water partition coefficient (Wildman–Crippen LogP) is 3.59. The van der Waals surface area contributed by atoms with Crippen LogP contribution in [0.4, 0.5) is 4.39 Å². The van der Waals surface area contributed by atoms with Gasteiger partial charge < -0.3 is 10.5 Å². The smallest absolute Gasteiger partial charge is 0.165 e. The van der Waals surface area contributed by atoms with Crippen LogP contribution in [0, 0.1) is 11.2 Å². The van der Waals surface area contributed by atoms with Crippen molar-refractivity contribution in [2.75, 3.05) is 7.11 Å². The van der Waals surface area contributed by atoms with Gasteiger partial charge in [0.05, 0.1) is 7.11 Å². The molecule has 1 aliphatic rings. The molecule has 2 nitrogen and oxygen atoms in total. The zero-order valence-electron chi connectivity index (χ0n) is 11.4. The fraction of sp³-hybridized carbons (Fsp3) is 0.600. The summed E-state index contributed by atoms with van der Waals surface area (Å²) in [5.74, 6) is -0.0582. The molecule has 2 N–H and O–H groups in total. The van der Waals surface area contributed by atoms with Gasteiger partial charge in [0, 0.05) is 5.54 Å². The first-order chi connectivity index (χ1) is 8.40. The summed E-state index contributed by atoms with van der Waals surface area (Å²) in [6.45, 7) is 4.35. The summed E-state index contributed by atoms with van der Waals surface area (Å²) in [6, 6.07) is 5.10. The summed E-state index contributed by atoms with van der Waals surface area (Å²) < 4.78 is 18.8. The van der Waals surface area contributed by atoms with E-state index in [-0.39, 0.29) is 17.0 Å². The lowest BCUT2D eigenvalue weighted by atomic mass is 9.61. The summed E-state index contributed by atoms with van der Waals surface area (Å²) in [6.07, 6.45) is 4.29. The van der Waals surface area contributed by atoms with Crippen molar-refractivity contribution in [3.05, 3.63) is 29.6 Å². The van der Waals surface area contributed by atoms with E-state index in [1.54, 1.807) is 6.07 Å². The molecule has 0 spiro atoms. The predicted molar refractivity (Wildman–Crippen MR) is 71.1 cm³/mol. The van der Waals surface area contributed by atoms with Crippen LogP contribution in [0.1, 0.15) is 45.1 Å². The fourth-order valence-corrected chi connectivity index (χ4v) is 3.01. The van der Waals surface area contributed by atoms with Crippen molar-refractivity contribution in [2.45, 2.75) is 45.1 Å². The van der Waals surface area contributed by atoms with Crippen LogP contribution in [0.15, 0.2) is 18.2 Å². The van der Waals surface area contributed by atoms with Crippen molar-refractivity contribution in [2.24, 2.45) is 11.1 Å². The van der Waals surface area contributed by atoms with Crippen molar-refractivity contribution < 1.29 is 9.13 Å². The standard InChI is InChI=1S/C15H22FNO/c1-14(2)8-4-5-9-15(14,17)11-6-7-13(18-3)12(16)10-11/h6-7,10H,4-5,8-9,17H2,1-3H3. The molecule has 2 rings (SSSR count). The molecule has 1 atom stereocenters. The summed E-state index contributed by atoms with van der Waals surface area (Å²) in [5.41, 5.74) is 7.04. The molecule has 0 heterocycles. The molecule has 0 radical (unpaired) electrons. The van der Waals surface area contributed by atoms with Gasteiger partial charge in [0.2, 0.25) is 0 Å². The molecule has 1 aromatic rings. The Morgan fingerprint density at radius 2 is 1.89 bits per heavy atom. The monoisotopic (exact) mass is 251 g/mol. The summed E-state index contributed by atoms with van der Waals surface area (Å²) >= 11 is 0. The van der Waals surface area contributed by atoms with E-state index in [9.17, 15) is 4.39 Å². The van der Waals surface area contributed by atoms with Crippen LogP contribution in [0.25, 0.3) is 0 Å². The third-order valence-corrected chi connectivity index (χ3v) is 4.50. The molecule has 0 amide bonds. The molecule has 0 aromatic heterocycles. The van der Waals surface area contributed by atoms with Crippen molar-refractivity contribution in [3.8, 4) is 5.75 Å². The average Bonchev–Trinajstić information content (AvgIpc) is 2.33. The van der Waals surface area contributed by atoms with Gasteiger partial charge in [-0.15, -0.1) is 0 Å². The van der Waals surface area contributed by atoms with Crippen molar-refractivity contribution in [1.82, 2.24) is 0 Å².